The van der Waals surface area contributed by atoms with Crippen molar-refractivity contribution in [2.24, 2.45) is 7.05 Å². The van der Waals surface area contributed by atoms with Gasteiger partial charge in [0, 0.05) is 13.2 Å². The smallest absolute Gasteiger partial charge is 0.325 e. The molecule has 14 heavy (non-hydrogen) atoms. The summed E-state index contributed by atoms with van der Waals surface area (Å²) >= 11 is 0. The number of carbonyl (C=O) groups is 2. The SMILES string of the molecule is COC(=O)CNC(=O)c1ccnn1C. The van der Waals surface area contributed by atoms with Crippen LogP contribution in [-0.4, -0.2) is 35.3 Å². The molecule has 1 heterocycles. The first-order chi connectivity index (χ1) is 6.65. The Labute approximate surface area is 80.8 Å². The Balaban J connectivity index is 2.52. The summed E-state index contributed by atoms with van der Waals surface area (Å²) in [6.45, 7) is -0.138. The van der Waals surface area contributed by atoms with Crippen LogP contribution in [0.15, 0.2) is 12.3 Å². The van der Waals surface area contributed by atoms with E-state index >= 15 is 0 Å². The normalized spacial score (nSPS) is 9.57. The van der Waals surface area contributed by atoms with Crippen LogP contribution in [-0.2, 0) is 16.6 Å². The van der Waals surface area contributed by atoms with Gasteiger partial charge in [0.25, 0.3) is 5.91 Å². The first-order valence-corrected chi connectivity index (χ1v) is 3.98. The van der Waals surface area contributed by atoms with Crippen molar-refractivity contribution in [3.8, 4) is 0 Å². The van der Waals surface area contributed by atoms with Crippen LogP contribution < -0.4 is 5.32 Å². The number of hydrogen-bond acceptors (Lipinski definition) is 4. The zero-order valence-corrected chi connectivity index (χ0v) is 7.98. The fraction of sp³-hybridized carbons (Fsp3) is 0.375. The molecule has 6 nitrogen and oxygen atoms in total. The molecule has 0 spiro atoms. The number of esters is 1. The molecule has 0 fully saturated rings. The van der Waals surface area contributed by atoms with Crippen LogP contribution >= 0.6 is 0 Å². The van der Waals surface area contributed by atoms with Gasteiger partial charge >= 0.3 is 5.97 Å². The molecule has 0 aliphatic rings. The van der Waals surface area contributed by atoms with Crippen molar-refractivity contribution in [2.75, 3.05) is 13.7 Å². The minimum Gasteiger partial charge on any atom is -0.468 e. The summed E-state index contributed by atoms with van der Waals surface area (Å²) in [5, 5.41) is 6.23. The summed E-state index contributed by atoms with van der Waals surface area (Å²) in [6.07, 6.45) is 1.51. The van der Waals surface area contributed by atoms with Crippen molar-refractivity contribution >= 4 is 11.9 Å². The number of amides is 1. The van der Waals surface area contributed by atoms with Crippen molar-refractivity contribution < 1.29 is 14.3 Å². The quantitative estimate of drug-likeness (QED) is 0.652. The highest BCUT2D eigenvalue weighted by atomic mass is 16.5. The molecule has 76 valence electrons. The number of methoxy groups -OCH3 is 1. The predicted octanol–water partition coefficient (Wildman–Crippen LogP) is -0.677. The Morgan fingerprint density at radius 3 is 2.86 bits per heavy atom. The van der Waals surface area contributed by atoms with E-state index in [0.717, 1.165) is 0 Å². The van der Waals surface area contributed by atoms with E-state index in [1.54, 1.807) is 13.1 Å². The van der Waals surface area contributed by atoms with Gasteiger partial charge in [-0.2, -0.15) is 5.10 Å². The molecular weight excluding hydrogens is 186 g/mol. The van der Waals surface area contributed by atoms with Crippen LogP contribution in [0.4, 0.5) is 0 Å². The molecule has 0 aliphatic heterocycles. The summed E-state index contributed by atoms with van der Waals surface area (Å²) in [4.78, 5) is 22.1. The lowest BCUT2D eigenvalue weighted by Crippen LogP contribution is -2.31. The fourth-order valence-corrected chi connectivity index (χ4v) is 0.912. The van der Waals surface area contributed by atoms with Crippen LogP contribution in [0.1, 0.15) is 10.5 Å². The van der Waals surface area contributed by atoms with Crippen molar-refractivity contribution in [3.05, 3.63) is 18.0 Å². The van der Waals surface area contributed by atoms with E-state index < -0.39 is 5.97 Å². The summed E-state index contributed by atoms with van der Waals surface area (Å²) in [5.41, 5.74) is 0.397. The number of nitrogens with zero attached hydrogens (tertiary/aromatic N) is 2. The van der Waals surface area contributed by atoms with Gasteiger partial charge in [-0.3, -0.25) is 14.3 Å². The van der Waals surface area contributed by atoms with E-state index in [2.05, 4.69) is 15.2 Å². The predicted molar refractivity (Wildman–Crippen MR) is 47.6 cm³/mol. The van der Waals surface area contributed by atoms with Gasteiger partial charge in [0.05, 0.1) is 7.11 Å². The van der Waals surface area contributed by atoms with Crippen molar-refractivity contribution in [1.29, 1.82) is 0 Å². The minimum absolute atomic E-state index is 0.138. The largest absolute Gasteiger partial charge is 0.468 e. The maximum absolute atomic E-state index is 11.4. The van der Waals surface area contributed by atoms with Crippen molar-refractivity contribution in [2.45, 2.75) is 0 Å². The molecule has 0 saturated carbocycles. The summed E-state index contributed by atoms with van der Waals surface area (Å²) < 4.78 is 5.80. The third kappa shape index (κ3) is 2.32. The molecule has 1 amide bonds. The van der Waals surface area contributed by atoms with Gasteiger partial charge in [-0.15, -0.1) is 0 Å². The molecule has 0 atom stereocenters. The van der Waals surface area contributed by atoms with Gasteiger partial charge in [-0.25, -0.2) is 0 Å². The van der Waals surface area contributed by atoms with Crippen LogP contribution in [0.25, 0.3) is 0 Å². The Bertz CT molecular complexity index is 345. The second kappa shape index (κ2) is 4.40. The van der Waals surface area contributed by atoms with Gasteiger partial charge in [0.1, 0.15) is 12.2 Å². The molecule has 6 heteroatoms. The highest BCUT2D eigenvalue weighted by Crippen LogP contribution is 1.94. The summed E-state index contributed by atoms with van der Waals surface area (Å²) in [5.74, 6) is -0.837. The Morgan fingerprint density at radius 1 is 1.64 bits per heavy atom. The molecule has 0 unspecified atom stereocenters. The summed E-state index contributed by atoms with van der Waals surface area (Å²) in [6, 6.07) is 1.56. The standard InChI is InChI=1S/C8H11N3O3/c1-11-6(3-4-10-11)8(13)9-5-7(12)14-2/h3-4H,5H2,1-2H3,(H,9,13). The number of ether oxygens (including phenoxy) is 1. The number of aryl methyl sites for hydroxylation is 1. The number of hydrogen-bond donors (Lipinski definition) is 1. The molecule has 0 aliphatic carbocycles. The van der Waals surface area contributed by atoms with E-state index in [9.17, 15) is 9.59 Å². The first-order valence-electron chi connectivity index (χ1n) is 3.98. The second-order valence-electron chi connectivity index (χ2n) is 2.60. The average Bonchev–Trinajstić information content (AvgIpc) is 2.60. The van der Waals surface area contributed by atoms with Gasteiger partial charge in [0.2, 0.25) is 0 Å². The molecule has 0 radical (unpaired) electrons. The molecular formula is C8H11N3O3. The topological polar surface area (TPSA) is 73.2 Å². The van der Waals surface area contributed by atoms with E-state index in [0.29, 0.717) is 5.69 Å². The Kier molecular flexibility index (Phi) is 3.22. The molecule has 0 saturated heterocycles. The minimum atomic E-state index is -0.486. The van der Waals surface area contributed by atoms with E-state index in [1.165, 1.54) is 18.0 Å². The monoisotopic (exact) mass is 197 g/mol. The highest BCUT2D eigenvalue weighted by Gasteiger charge is 2.10. The van der Waals surface area contributed by atoms with Crippen LogP contribution in [0.5, 0.6) is 0 Å². The lowest BCUT2D eigenvalue weighted by molar-refractivity contribution is -0.139. The maximum atomic E-state index is 11.4. The van der Waals surface area contributed by atoms with Crippen LogP contribution in [0.2, 0.25) is 0 Å². The molecule has 1 rings (SSSR count). The van der Waals surface area contributed by atoms with Crippen LogP contribution in [0.3, 0.4) is 0 Å². The average molecular weight is 197 g/mol. The first kappa shape index (κ1) is 10.2. The fourth-order valence-electron chi connectivity index (χ4n) is 0.912. The third-order valence-corrected chi connectivity index (χ3v) is 1.67. The van der Waals surface area contributed by atoms with E-state index in [4.69, 9.17) is 0 Å². The van der Waals surface area contributed by atoms with Crippen molar-refractivity contribution in [3.63, 3.8) is 0 Å². The number of nitrogens with one attached hydrogen (secondary N) is 1. The molecule has 1 aromatic rings. The third-order valence-electron chi connectivity index (χ3n) is 1.67. The number of carbonyl (C=O) groups excluding carboxylic acids is 2. The second-order valence-corrected chi connectivity index (χ2v) is 2.60. The van der Waals surface area contributed by atoms with Gasteiger partial charge in [-0.1, -0.05) is 0 Å². The maximum Gasteiger partial charge on any atom is 0.325 e. The van der Waals surface area contributed by atoms with Gasteiger partial charge < -0.3 is 10.1 Å². The number of rotatable bonds is 3. The Hall–Kier alpha value is -1.85. The molecule has 0 aromatic carbocycles. The van der Waals surface area contributed by atoms with Gasteiger partial charge in [-0.05, 0) is 6.07 Å². The van der Waals surface area contributed by atoms with Crippen molar-refractivity contribution in [1.82, 2.24) is 15.1 Å². The van der Waals surface area contributed by atoms with E-state index in [1.807, 2.05) is 0 Å². The lowest BCUT2D eigenvalue weighted by atomic mass is 10.4. The van der Waals surface area contributed by atoms with Gasteiger partial charge in [0.15, 0.2) is 0 Å². The molecule has 1 N–H and O–H groups in total. The molecule has 1 aromatic heterocycles. The Morgan fingerprint density at radius 2 is 2.36 bits per heavy atom. The highest BCUT2D eigenvalue weighted by molar-refractivity contribution is 5.94. The number of aromatic nitrogens is 2. The lowest BCUT2D eigenvalue weighted by Gasteiger charge is -2.03. The van der Waals surface area contributed by atoms with Crippen LogP contribution in [0, 0.1) is 0 Å². The summed E-state index contributed by atoms with van der Waals surface area (Å²) in [7, 11) is 2.91. The molecule has 0 bridgehead atoms. The van der Waals surface area contributed by atoms with E-state index in [-0.39, 0.29) is 12.5 Å². The zero-order chi connectivity index (χ0) is 10.6. The zero-order valence-electron chi connectivity index (χ0n) is 7.98.